The monoisotopic (exact) mass is 261 g/mol. The summed E-state index contributed by atoms with van der Waals surface area (Å²) >= 11 is 0. The van der Waals surface area contributed by atoms with Gasteiger partial charge in [0.1, 0.15) is 0 Å². The number of hydrogen-bond acceptors (Lipinski definition) is 2. The molecule has 2 N–H and O–H groups in total. The summed E-state index contributed by atoms with van der Waals surface area (Å²) in [6.07, 6.45) is -5.30. The van der Waals surface area contributed by atoms with Crippen LogP contribution in [0.25, 0.3) is 0 Å². The molecular formula is C13H18F3NO. The van der Waals surface area contributed by atoms with Crippen LogP contribution in [0.3, 0.4) is 0 Å². The van der Waals surface area contributed by atoms with Gasteiger partial charge in [0.05, 0.1) is 0 Å². The van der Waals surface area contributed by atoms with Crippen molar-refractivity contribution in [3.63, 3.8) is 0 Å². The Morgan fingerprint density at radius 1 is 1.22 bits per heavy atom. The van der Waals surface area contributed by atoms with Crippen molar-refractivity contribution in [2.45, 2.75) is 38.1 Å². The summed E-state index contributed by atoms with van der Waals surface area (Å²) in [6.45, 7) is 1.49. The van der Waals surface area contributed by atoms with Crippen LogP contribution in [0.15, 0.2) is 30.3 Å². The molecule has 0 spiro atoms. The zero-order valence-corrected chi connectivity index (χ0v) is 10.2. The van der Waals surface area contributed by atoms with Crippen molar-refractivity contribution in [2.24, 2.45) is 0 Å². The highest BCUT2D eigenvalue weighted by atomic mass is 19.4. The Bertz CT molecular complexity index is 340. The number of aliphatic hydroxyl groups excluding tert-OH is 1. The zero-order chi connectivity index (χ0) is 13.6. The molecule has 0 bridgehead atoms. The molecule has 2 unspecified atom stereocenters. The van der Waals surface area contributed by atoms with Crippen molar-refractivity contribution in [1.82, 2.24) is 5.32 Å². The number of hydrogen-bond donors (Lipinski definition) is 2. The van der Waals surface area contributed by atoms with E-state index in [1.165, 1.54) is 0 Å². The van der Waals surface area contributed by atoms with Crippen LogP contribution in [0.1, 0.15) is 31.4 Å². The number of benzene rings is 1. The average molecular weight is 261 g/mol. The summed E-state index contributed by atoms with van der Waals surface area (Å²) in [5.74, 6) is 0. The normalized spacial score (nSPS) is 15.4. The third kappa shape index (κ3) is 4.66. The van der Waals surface area contributed by atoms with Crippen LogP contribution < -0.4 is 5.32 Å². The number of aliphatic hydroxyl groups is 1. The maximum absolute atomic E-state index is 12.2. The summed E-state index contributed by atoms with van der Waals surface area (Å²) in [7, 11) is 0. The van der Waals surface area contributed by atoms with E-state index >= 15 is 0 Å². The third-order valence-corrected chi connectivity index (χ3v) is 2.71. The second kappa shape index (κ2) is 6.75. The Kier molecular flexibility index (Phi) is 5.62. The van der Waals surface area contributed by atoms with Crippen molar-refractivity contribution in [3.8, 4) is 0 Å². The third-order valence-electron chi connectivity index (χ3n) is 2.71. The quantitative estimate of drug-likeness (QED) is 0.825. The molecule has 1 aromatic rings. The zero-order valence-electron chi connectivity index (χ0n) is 10.2. The molecular weight excluding hydrogens is 243 g/mol. The van der Waals surface area contributed by atoms with Crippen LogP contribution in [0.4, 0.5) is 13.2 Å². The summed E-state index contributed by atoms with van der Waals surface area (Å²) in [5.41, 5.74) is 0.939. The fourth-order valence-electron chi connectivity index (χ4n) is 1.73. The Hall–Kier alpha value is -1.07. The van der Waals surface area contributed by atoms with Crippen LogP contribution in [0.5, 0.6) is 0 Å². The highest BCUT2D eigenvalue weighted by Crippen LogP contribution is 2.22. The molecule has 0 fully saturated rings. The highest BCUT2D eigenvalue weighted by Gasteiger charge is 2.38. The molecule has 0 radical (unpaired) electrons. The van der Waals surface area contributed by atoms with Gasteiger partial charge in [0.25, 0.3) is 0 Å². The van der Waals surface area contributed by atoms with Crippen LogP contribution in [-0.4, -0.2) is 23.9 Å². The minimum atomic E-state index is -4.57. The Labute approximate surface area is 105 Å². The van der Waals surface area contributed by atoms with Gasteiger partial charge in [0, 0.05) is 12.6 Å². The van der Waals surface area contributed by atoms with Gasteiger partial charge in [-0.1, -0.05) is 43.7 Å². The molecule has 5 heteroatoms. The van der Waals surface area contributed by atoms with Gasteiger partial charge >= 0.3 is 6.18 Å². The van der Waals surface area contributed by atoms with Gasteiger partial charge in [-0.25, -0.2) is 0 Å². The van der Waals surface area contributed by atoms with Gasteiger partial charge in [-0.2, -0.15) is 13.2 Å². The lowest BCUT2D eigenvalue weighted by atomic mass is 10.0. The van der Waals surface area contributed by atoms with Crippen molar-refractivity contribution in [1.29, 1.82) is 0 Å². The van der Waals surface area contributed by atoms with Crippen LogP contribution >= 0.6 is 0 Å². The first-order chi connectivity index (χ1) is 8.45. The standard InChI is InChI=1S/C13H18F3NO/c1-2-6-11(10-7-4-3-5-8-10)17-9-12(18)13(14,15)16/h3-5,7-8,11-12,17-18H,2,6,9H2,1H3. The molecule has 0 saturated heterocycles. The van der Waals surface area contributed by atoms with Crippen molar-refractivity contribution in [2.75, 3.05) is 6.54 Å². The first-order valence-corrected chi connectivity index (χ1v) is 5.98. The van der Waals surface area contributed by atoms with Gasteiger partial charge in [-0.05, 0) is 12.0 Å². The molecule has 0 aliphatic heterocycles. The molecule has 2 atom stereocenters. The van der Waals surface area contributed by atoms with Crippen molar-refractivity contribution >= 4 is 0 Å². The predicted octanol–water partition coefficient (Wildman–Crippen LogP) is 3.04. The maximum atomic E-state index is 12.2. The first kappa shape index (κ1) is 15.0. The molecule has 1 rings (SSSR count). The molecule has 18 heavy (non-hydrogen) atoms. The molecule has 0 amide bonds. The van der Waals surface area contributed by atoms with Gasteiger partial charge < -0.3 is 10.4 Å². The molecule has 0 heterocycles. The van der Waals surface area contributed by atoms with E-state index in [0.717, 1.165) is 18.4 Å². The summed E-state index contributed by atoms with van der Waals surface area (Å²) in [5, 5.41) is 11.7. The summed E-state index contributed by atoms with van der Waals surface area (Å²) < 4.78 is 36.6. The van der Waals surface area contributed by atoms with Gasteiger partial charge in [-0.3, -0.25) is 0 Å². The predicted molar refractivity (Wildman–Crippen MR) is 64.2 cm³/mol. The molecule has 0 aromatic heterocycles. The van der Waals surface area contributed by atoms with E-state index in [1.807, 2.05) is 37.3 Å². The van der Waals surface area contributed by atoms with Crippen molar-refractivity contribution in [3.05, 3.63) is 35.9 Å². The molecule has 102 valence electrons. The second-order valence-electron chi connectivity index (χ2n) is 4.22. The lowest BCUT2D eigenvalue weighted by Crippen LogP contribution is -2.39. The second-order valence-corrected chi connectivity index (χ2v) is 4.22. The molecule has 0 aliphatic rings. The maximum Gasteiger partial charge on any atom is 0.415 e. The lowest BCUT2D eigenvalue weighted by molar-refractivity contribution is -0.202. The van der Waals surface area contributed by atoms with Crippen LogP contribution in [-0.2, 0) is 0 Å². The summed E-state index contributed by atoms with van der Waals surface area (Å²) in [6, 6.07) is 9.13. The highest BCUT2D eigenvalue weighted by molar-refractivity contribution is 5.18. The molecule has 1 aromatic carbocycles. The number of nitrogens with one attached hydrogen (secondary N) is 1. The van der Waals surface area contributed by atoms with Gasteiger partial charge in [0.2, 0.25) is 0 Å². The van der Waals surface area contributed by atoms with E-state index in [-0.39, 0.29) is 6.04 Å². The minimum Gasteiger partial charge on any atom is -0.382 e. The Morgan fingerprint density at radius 2 is 1.83 bits per heavy atom. The Balaban J connectivity index is 2.59. The lowest BCUT2D eigenvalue weighted by Gasteiger charge is -2.22. The topological polar surface area (TPSA) is 32.3 Å². The fourth-order valence-corrected chi connectivity index (χ4v) is 1.73. The van der Waals surface area contributed by atoms with E-state index in [4.69, 9.17) is 5.11 Å². The van der Waals surface area contributed by atoms with E-state index in [9.17, 15) is 13.2 Å². The van der Waals surface area contributed by atoms with Crippen LogP contribution in [0.2, 0.25) is 0 Å². The summed E-state index contributed by atoms with van der Waals surface area (Å²) in [4.78, 5) is 0. The number of alkyl halides is 3. The Morgan fingerprint density at radius 3 is 2.33 bits per heavy atom. The van der Waals surface area contributed by atoms with E-state index in [1.54, 1.807) is 0 Å². The molecule has 0 saturated carbocycles. The largest absolute Gasteiger partial charge is 0.415 e. The average Bonchev–Trinajstić information content (AvgIpc) is 2.34. The van der Waals surface area contributed by atoms with Crippen molar-refractivity contribution < 1.29 is 18.3 Å². The number of halogens is 3. The van der Waals surface area contributed by atoms with E-state index < -0.39 is 18.8 Å². The van der Waals surface area contributed by atoms with Gasteiger partial charge in [-0.15, -0.1) is 0 Å². The SMILES string of the molecule is CCCC(NCC(O)C(F)(F)F)c1ccccc1. The molecule has 0 aliphatic carbocycles. The first-order valence-electron chi connectivity index (χ1n) is 5.98. The minimum absolute atomic E-state index is 0.159. The van der Waals surface area contributed by atoms with E-state index in [0.29, 0.717) is 0 Å². The van der Waals surface area contributed by atoms with E-state index in [2.05, 4.69) is 5.32 Å². The smallest absolute Gasteiger partial charge is 0.382 e. The fraction of sp³-hybridized carbons (Fsp3) is 0.538. The number of rotatable bonds is 6. The molecule has 2 nitrogen and oxygen atoms in total. The van der Waals surface area contributed by atoms with Gasteiger partial charge in [0.15, 0.2) is 6.10 Å². The van der Waals surface area contributed by atoms with Crippen LogP contribution in [0, 0.1) is 0 Å².